The number of aliphatic hydroxyl groups excluding tert-OH is 1. The standard InChI is InChI=1S/C23H24N2O5/c1-13(2)20(26)18-19(15-9-11-24-12-10-15)25(22(28)21(18)27)17-7-5-16(6-8-17)23(29)30-14(3)4/h5-14,19,27H,1-4H3. The number of amides is 1. The summed E-state index contributed by atoms with van der Waals surface area (Å²) < 4.78 is 5.19. The molecule has 1 unspecified atom stereocenters. The molecule has 156 valence electrons. The molecule has 30 heavy (non-hydrogen) atoms. The largest absolute Gasteiger partial charge is 0.503 e. The van der Waals surface area contributed by atoms with Crippen molar-refractivity contribution in [3.63, 3.8) is 0 Å². The summed E-state index contributed by atoms with van der Waals surface area (Å²) in [6.07, 6.45) is 2.88. The Morgan fingerprint density at radius 3 is 2.17 bits per heavy atom. The second-order valence-electron chi connectivity index (χ2n) is 7.64. The van der Waals surface area contributed by atoms with Crippen LogP contribution in [0.25, 0.3) is 0 Å². The number of hydrogen-bond donors (Lipinski definition) is 1. The fraction of sp³-hybridized carbons (Fsp3) is 0.304. The Balaban J connectivity index is 2.04. The zero-order valence-corrected chi connectivity index (χ0v) is 17.3. The molecule has 7 heteroatoms. The van der Waals surface area contributed by atoms with Crippen molar-refractivity contribution >= 4 is 23.3 Å². The SMILES string of the molecule is CC(C)OC(=O)c1ccc(N2C(=O)C(O)=C(C(=O)C(C)C)C2c2ccncc2)cc1. The minimum absolute atomic E-state index is 0.0597. The molecule has 0 bridgehead atoms. The van der Waals surface area contributed by atoms with E-state index in [9.17, 15) is 19.5 Å². The van der Waals surface area contributed by atoms with Crippen LogP contribution in [0.1, 0.15) is 49.7 Å². The molecular weight excluding hydrogens is 384 g/mol. The van der Waals surface area contributed by atoms with Gasteiger partial charge < -0.3 is 9.84 Å². The van der Waals surface area contributed by atoms with Gasteiger partial charge in [-0.05, 0) is 55.8 Å². The van der Waals surface area contributed by atoms with E-state index in [0.29, 0.717) is 16.8 Å². The van der Waals surface area contributed by atoms with Crippen molar-refractivity contribution in [2.24, 2.45) is 5.92 Å². The Morgan fingerprint density at radius 2 is 1.63 bits per heavy atom. The van der Waals surface area contributed by atoms with Crippen LogP contribution in [-0.2, 0) is 14.3 Å². The fourth-order valence-electron chi connectivity index (χ4n) is 3.34. The average molecular weight is 408 g/mol. The first-order valence-electron chi connectivity index (χ1n) is 9.74. The molecule has 0 saturated carbocycles. The maximum atomic E-state index is 12.9. The van der Waals surface area contributed by atoms with Crippen molar-refractivity contribution in [2.45, 2.75) is 39.8 Å². The number of benzene rings is 1. The molecule has 1 aliphatic rings. The number of aromatic nitrogens is 1. The van der Waals surface area contributed by atoms with Crippen LogP contribution in [0.5, 0.6) is 0 Å². The molecule has 1 atom stereocenters. The smallest absolute Gasteiger partial charge is 0.338 e. The van der Waals surface area contributed by atoms with Crippen molar-refractivity contribution in [1.29, 1.82) is 0 Å². The number of ketones is 1. The lowest BCUT2D eigenvalue weighted by atomic mass is 9.91. The van der Waals surface area contributed by atoms with Crippen LogP contribution in [0, 0.1) is 5.92 Å². The molecule has 1 aromatic carbocycles. The lowest BCUT2D eigenvalue weighted by molar-refractivity contribution is -0.119. The fourth-order valence-corrected chi connectivity index (χ4v) is 3.34. The van der Waals surface area contributed by atoms with Gasteiger partial charge in [-0.2, -0.15) is 0 Å². The minimum atomic E-state index is -0.788. The van der Waals surface area contributed by atoms with E-state index in [1.807, 2.05) is 0 Å². The van der Waals surface area contributed by atoms with Crippen LogP contribution < -0.4 is 4.90 Å². The quantitative estimate of drug-likeness (QED) is 0.731. The topological polar surface area (TPSA) is 96.8 Å². The van der Waals surface area contributed by atoms with Crippen LogP contribution >= 0.6 is 0 Å². The third-order valence-corrected chi connectivity index (χ3v) is 4.74. The highest BCUT2D eigenvalue weighted by molar-refractivity contribution is 6.16. The molecule has 0 spiro atoms. The number of esters is 1. The number of rotatable bonds is 6. The van der Waals surface area contributed by atoms with Gasteiger partial charge in [-0.25, -0.2) is 4.79 Å². The van der Waals surface area contributed by atoms with Crippen molar-refractivity contribution in [3.8, 4) is 0 Å². The van der Waals surface area contributed by atoms with Gasteiger partial charge in [0, 0.05) is 24.0 Å². The first-order valence-corrected chi connectivity index (χ1v) is 9.74. The number of pyridine rings is 1. The van der Waals surface area contributed by atoms with Crippen LogP contribution in [0.15, 0.2) is 60.1 Å². The monoisotopic (exact) mass is 408 g/mol. The van der Waals surface area contributed by atoms with Crippen LogP contribution in [0.2, 0.25) is 0 Å². The van der Waals surface area contributed by atoms with Crippen molar-refractivity contribution in [3.05, 3.63) is 71.3 Å². The van der Waals surface area contributed by atoms with Crippen LogP contribution in [-0.4, -0.2) is 33.9 Å². The molecule has 1 aliphatic heterocycles. The number of nitrogens with zero attached hydrogens (tertiary/aromatic N) is 2. The van der Waals surface area contributed by atoms with Crippen LogP contribution in [0.3, 0.4) is 0 Å². The Bertz CT molecular complexity index is 994. The van der Waals surface area contributed by atoms with E-state index in [0.717, 1.165) is 0 Å². The molecule has 3 rings (SSSR count). The van der Waals surface area contributed by atoms with E-state index in [1.54, 1.807) is 76.5 Å². The highest BCUT2D eigenvalue weighted by Gasteiger charge is 2.44. The third-order valence-electron chi connectivity index (χ3n) is 4.74. The van der Waals surface area contributed by atoms with E-state index in [4.69, 9.17) is 4.74 Å². The number of carbonyl (C=O) groups is 3. The van der Waals surface area contributed by atoms with Gasteiger partial charge in [0.05, 0.1) is 23.3 Å². The zero-order chi connectivity index (χ0) is 22.0. The predicted octanol–water partition coefficient (Wildman–Crippen LogP) is 3.77. The van der Waals surface area contributed by atoms with Gasteiger partial charge in [-0.15, -0.1) is 0 Å². The number of carbonyl (C=O) groups excluding carboxylic acids is 3. The van der Waals surface area contributed by atoms with E-state index in [1.165, 1.54) is 4.90 Å². The Hall–Kier alpha value is -3.48. The van der Waals surface area contributed by atoms with Gasteiger partial charge in [-0.1, -0.05) is 13.8 Å². The third kappa shape index (κ3) is 3.96. The van der Waals surface area contributed by atoms with Gasteiger partial charge in [0.2, 0.25) is 0 Å². The van der Waals surface area contributed by atoms with Crippen molar-refractivity contribution < 1.29 is 24.2 Å². The molecule has 7 nitrogen and oxygen atoms in total. The average Bonchev–Trinajstić information content (AvgIpc) is 2.98. The van der Waals surface area contributed by atoms with Crippen molar-refractivity contribution in [2.75, 3.05) is 4.90 Å². The summed E-state index contributed by atoms with van der Waals surface area (Å²) in [5.41, 5.74) is 1.50. The maximum Gasteiger partial charge on any atom is 0.338 e. The Morgan fingerprint density at radius 1 is 1.03 bits per heavy atom. The molecular formula is C23H24N2O5. The first kappa shape index (κ1) is 21.2. The summed E-state index contributed by atoms with van der Waals surface area (Å²) in [6.45, 7) is 6.95. The summed E-state index contributed by atoms with van der Waals surface area (Å²) in [5.74, 6) is -2.39. The summed E-state index contributed by atoms with van der Waals surface area (Å²) in [4.78, 5) is 43.2. The van der Waals surface area contributed by atoms with Gasteiger partial charge in [0.15, 0.2) is 11.5 Å². The normalized spacial score (nSPS) is 16.5. The molecule has 1 amide bonds. The molecule has 0 saturated heterocycles. The van der Waals surface area contributed by atoms with E-state index in [2.05, 4.69) is 4.98 Å². The summed E-state index contributed by atoms with van der Waals surface area (Å²) in [5, 5.41) is 10.6. The Kier molecular flexibility index (Phi) is 6.01. The number of ether oxygens (including phenoxy) is 1. The van der Waals surface area contributed by atoms with Gasteiger partial charge in [0.25, 0.3) is 5.91 Å². The van der Waals surface area contributed by atoms with E-state index in [-0.39, 0.29) is 17.5 Å². The van der Waals surface area contributed by atoms with Gasteiger partial charge >= 0.3 is 5.97 Å². The molecule has 0 fully saturated rings. The summed E-state index contributed by atoms with van der Waals surface area (Å²) in [7, 11) is 0. The zero-order valence-electron chi connectivity index (χ0n) is 17.3. The van der Waals surface area contributed by atoms with E-state index >= 15 is 0 Å². The van der Waals surface area contributed by atoms with Crippen molar-refractivity contribution in [1.82, 2.24) is 4.98 Å². The molecule has 2 heterocycles. The number of hydrogen-bond acceptors (Lipinski definition) is 6. The number of anilines is 1. The predicted molar refractivity (Wildman–Crippen MR) is 111 cm³/mol. The lowest BCUT2D eigenvalue weighted by Gasteiger charge is -2.27. The second kappa shape index (κ2) is 8.49. The van der Waals surface area contributed by atoms with Crippen LogP contribution in [0.4, 0.5) is 5.69 Å². The first-order chi connectivity index (χ1) is 14.2. The second-order valence-corrected chi connectivity index (χ2v) is 7.64. The minimum Gasteiger partial charge on any atom is -0.503 e. The number of aliphatic hydroxyl groups is 1. The lowest BCUT2D eigenvalue weighted by Crippen LogP contribution is -2.31. The summed E-state index contributed by atoms with van der Waals surface area (Å²) in [6, 6.07) is 8.91. The molecule has 0 aliphatic carbocycles. The Labute approximate surface area is 175 Å². The molecule has 1 N–H and O–H groups in total. The number of Topliss-reactive ketones (excluding diaryl/α,β-unsaturated/α-hetero) is 1. The van der Waals surface area contributed by atoms with Gasteiger partial charge in [0.1, 0.15) is 0 Å². The molecule has 1 aromatic heterocycles. The highest BCUT2D eigenvalue weighted by Crippen LogP contribution is 2.41. The van der Waals surface area contributed by atoms with Gasteiger partial charge in [-0.3, -0.25) is 19.5 Å². The molecule has 0 radical (unpaired) electrons. The maximum absolute atomic E-state index is 12.9. The highest BCUT2D eigenvalue weighted by atomic mass is 16.5. The summed E-state index contributed by atoms with van der Waals surface area (Å²) >= 11 is 0. The molecule has 2 aromatic rings. The van der Waals surface area contributed by atoms with E-state index < -0.39 is 29.6 Å².